The van der Waals surface area contributed by atoms with Gasteiger partial charge in [0, 0.05) is 6.61 Å². The van der Waals surface area contributed by atoms with Crippen LogP contribution in [0.5, 0.6) is 0 Å². The van der Waals surface area contributed by atoms with Gasteiger partial charge in [0.2, 0.25) is 0 Å². The monoisotopic (exact) mass is 302 g/mol. The van der Waals surface area contributed by atoms with Crippen LogP contribution >= 0.6 is 8.58 Å². The predicted octanol–water partition coefficient (Wildman–Crippen LogP) is 5.99. The molecule has 0 aliphatic rings. The predicted molar refractivity (Wildman–Crippen MR) is 95.4 cm³/mol. The van der Waals surface area contributed by atoms with Gasteiger partial charge in [-0.05, 0) is 43.9 Å². The van der Waals surface area contributed by atoms with Crippen molar-refractivity contribution in [3.05, 3.63) is 0 Å². The third kappa shape index (κ3) is 14.8. The second-order valence-electron chi connectivity index (χ2n) is 6.18. The summed E-state index contributed by atoms with van der Waals surface area (Å²) in [6, 6.07) is 0. The molecule has 1 N–H and O–H groups in total. The Bertz CT molecular complexity index is 173. The van der Waals surface area contributed by atoms with Crippen molar-refractivity contribution in [2.75, 3.05) is 18.9 Å². The first kappa shape index (κ1) is 20.4. The Morgan fingerprint density at radius 1 is 0.700 bits per heavy atom. The SMILES string of the molecule is CCCCCCCPCCC(CCCO)CCCCC. The van der Waals surface area contributed by atoms with E-state index in [4.69, 9.17) is 5.11 Å². The van der Waals surface area contributed by atoms with Crippen molar-refractivity contribution in [2.45, 2.75) is 90.9 Å². The highest BCUT2D eigenvalue weighted by Gasteiger charge is 2.07. The minimum atomic E-state index is 0.379. The van der Waals surface area contributed by atoms with E-state index in [2.05, 4.69) is 13.8 Å². The maximum atomic E-state index is 9.00. The Labute approximate surface area is 130 Å². The second-order valence-corrected chi connectivity index (χ2v) is 7.68. The maximum absolute atomic E-state index is 9.00. The lowest BCUT2D eigenvalue weighted by atomic mass is 9.94. The van der Waals surface area contributed by atoms with Gasteiger partial charge in [0.15, 0.2) is 0 Å². The molecule has 1 nitrogen and oxygen atoms in total. The summed E-state index contributed by atoms with van der Waals surface area (Å²) in [5, 5.41) is 9.00. The number of aliphatic hydroxyl groups is 1. The van der Waals surface area contributed by atoms with E-state index in [-0.39, 0.29) is 0 Å². The van der Waals surface area contributed by atoms with E-state index in [1.54, 1.807) is 0 Å². The van der Waals surface area contributed by atoms with Gasteiger partial charge in [-0.1, -0.05) is 65.2 Å². The zero-order valence-corrected chi connectivity index (χ0v) is 15.1. The Morgan fingerprint density at radius 3 is 2.05 bits per heavy atom. The molecule has 2 atom stereocenters. The molecule has 2 unspecified atom stereocenters. The highest BCUT2D eigenvalue weighted by atomic mass is 31.1. The van der Waals surface area contributed by atoms with E-state index >= 15 is 0 Å². The summed E-state index contributed by atoms with van der Waals surface area (Å²) in [5.41, 5.74) is 0. The smallest absolute Gasteiger partial charge is 0.0431 e. The lowest BCUT2D eigenvalue weighted by Gasteiger charge is -2.16. The minimum absolute atomic E-state index is 0.379. The van der Waals surface area contributed by atoms with Crippen molar-refractivity contribution < 1.29 is 5.11 Å². The van der Waals surface area contributed by atoms with Crippen molar-refractivity contribution in [3.63, 3.8) is 0 Å². The van der Waals surface area contributed by atoms with E-state index in [9.17, 15) is 0 Å². The fourth-order valence-electron chi connectivity index (χ4n) is 2.78. The number of unbranched alkanes of at least 4 members (excludes halogenated alkanes) is 6. The number of aliphatic hydroxyl groups excluding tert-OH is 1. The molecule has 0 aliphatic heterocycles. The molecule has 0 aromatic heterocycles. The van der Waals surface area contributed by atoms with Crippen molar-refractivity contribution in [1.82, 2.24) is 0 Å². The average molecular weight is 302 g/mol. The quantitative estimate of drug-likeness (QED) is 0.274. The van der Waals surface area contributed by atoms with Gasteiger partial charge in [-0.3, -0.25) is 0 Å². The molecule has 122 valence electrons. The molecule has 20 heavy (non-hydrogen) atoms. The van der Waals surface area contributed by atoms with E-state index in [1.807, 2.05) is 0 Å². The summed E-state index contributed by atoms with van der Waals surface area (Å²) in [4.78, 5) is 0. The summed E-state index contributed by atoms with van der Waals surface area (Å²) < 4.78 is 0. The number of hydrogen-bond acceptors (Lipinski definition) is 1. The molecular formula is C18H39OP. The van der Waals surface area contributed by atoms with Crippen LogP contribution in [0.25, 0.3) is 0 Å². The fraction of sp³-hybridized carbons (Fsp3) is 1.00. The maximum Gasteiger partial charge on any atom is 0.0431 e. The summed E-state index contributed by atoms with van der Waals surface area (Å²) in [6.45, 7) is 4.94. The Morgan fingerprint density at radius 2 is 1.35 bits per heavy atom. The summed E-state index contributed by atoms with van der Waals surface area (Å²) in [6.07, 6.45) is 19.2. The van der Waals surface area contributed by atoms with Gasteiger partial charge in [0.05, 0.1) is 0 Å². The van der Waals surface area contributed by atoms with E-state index in [0.29, 0.717) is 6.61 Å². The molecule has 0 amide bonds. The number of rotatable bonds is 16. The summed E-state index contributed by atoms with van der Waals surface area (Å²) >= 11 is 0. The van der Waals surface area contributed by atoms with E-state index in [0.717, 1.165) is 12.3 Å². The summed E-state index contributed by atoms with van der Waals surface area (Å²) in [5.74, 6) is 0.890. The first-order chi connectivity index (χ1) is 9.85. The van der Waals surface area contributed by atoms with Crippen LogP contribution in [0, 0.1) is 5.92 Å². The van der Waals surface area contributed by atoms with Crippen LogP contribution in [0.1, 0.15) is 90.9 Å². The molecule has 2 heteroatoms. The first-order valence-electron chi connectivity index (χ1n) is 9.16. The largest absolute Gasteiger partial charge is 0.396 e. The third-order valence-corrected chi connectivity index (χ3v) is 5.52. The van der Waals surface area contributed by atoms with Crippen LogP contribution in [0.4, 0.5) is 0 Å². The molecule has 0 aliphatic carbocycles. The van der Waals surface area contributed by atoms with Gasteiger partial charge in [-0.15, -0.1) is 8.58 Å². The van der Waals surface area contributed by atoms with Crippen LogP contribution in [0.3, 0.4) is 0 Å². The topological polar surface area (TPSA) is 20.2 Å². The highest BCUT2D eigenvalue weighted by Crippen LogP contribution is 2.24. The molecule has 0 bridgehead atoms. The normalized spacial score (nSPS) is 13.3. The van der Waals surface area contributed by atoms with Crippen molar-refractivity contribution in [1.29, 1.82) is 0 Å². The van der Waals surface area contributed by atoms with Crippen molar-refractivity contribution in [2.24, 2.45) is 5.92 Å². The van der Waals surface area contributed by atoms with Gasteiger partial charge < -0.3 is 5.11 Å². The van der Waals surface area contributed by atoms with Gasteiger partial charge in [-0.2, -0.15) is 0 Å². The van der Waals surface area contributed by atoms with E-state index < -0.39 is 0 Å². The molecule has 0 aromatic carbocycles. The molecule has 0 fully saturated rings. The minimum Gasteiger partial charge on any atom is -0.396 e. The summed E-state index contributed by atoms with van der Waals surface area (Å²) in [7, 11) is 1.18. The third-order valence-electron chi connectivity index (χ3n) is 4.17. The molecule has 0 rings (SSSR count). The first-order valence-corrected chi connectivity index (χ1v) is 10.6. The van der Waals surface area contributed by atoms with Gasteiger partial charge >= 0.3 is 0 Å². The molecule has 0 radical (unpaired) electrons. The van der Waals surface area contributed by atoms with Crippen LogP contribution in [0.15, 0.2) is 0 Å². The molecule has 0 saturated heterocycles. The second kappa shape index (κ2) is 17.4. The standard InChI is InChI=1S/C18H39OP/c1-3-5-7-8-10-16-20-17-14-18(13-11-15-19)12-9-6-4-2/h18-20H,3-17H2,1-2H3. The lowest BCUT2D eigenvalue weighted by Crippen LogP contribution is -2.03. The van der Waals surface area contributed by atoms with Crippen LogP contribution in [0.2, 0.25) is 0 Å². The Kier molecular flexibility index (Phi) is 17.8. The van der Waals surface area contributed by atoms with Gasteiger partial charge in [-0.25, -0.2) is 0 Å². The van der Waals surface area contributed by atoms with Crippen LogP contribution in [-0.2, 0) is 0 Å². The molecule has 0 heterocycles. The van der Waals surface area contributed by atoms with E-state index in [1.165, 1.54) is 91.5 Å². The molecule has 0 spiro atoms. The zero-order chi connectivity index (χ0) is 14.9. The number of hydrogen-bond donors (Lipinski definition) is 1. The lowest BCUT2D eigenvalue weighted by molar-refractivity contribution is 0.265. The molecular weight excluding hydrogens is 263 g/mol. The molecule has 0 saturated carbocycles. The van der Waals surface area contributed by atoms with Gasteiger partial charge in [0.25, 0.3) is 0 Å². The Balaban J connectivity index is 3.46. The highest BCUT2D eigenvalue weighted by molar-refractivity contribution is 7.37. The van der Waals surface area contributed by atoms with Crippen LogP contribution in [-0.4, -0.2) is 24.0 Å². The van der Waals surface area contributed by atoms with Crippen LogP contribution < -0.4 is 0 Å². The fourth-order valence-corrected chi connectivity index (χ4v) is 4.14. The average Bonchev–Trinajstić information content (AvgIpc) is 2.47. The Hall–Kier alpha value is 0.390. The van der Waals surface area contributed by atoms with Gasteiger partial charge in [0.1, 0.15) is 0 Å². The van der Waals surface area contributed by atoms with Crippen molar-refractivity contribution >= 4 is 8.58 Å². The molecule has 0 aromatic rings. The van der Waals surface area contributed by atoms with Crippen molar-refractivity contribution in [3.8, 4) is 0 Å². The zero-order valence-electron chi connectivity index (χ0n) is 14.1.